The van der Waals surface area contributed by atoms with Crippen LogP contribution in [-0.2, 0) is 5.41 Å². The summed E-state index contributed by atoms with van der Waals surface area (Å²) in [5.41, 5.74) is 4.49. The quantitative estimate of drug-likeness (QED) is 0.616. The van der Waals surface area contributed by atoms with Crippen molar-refractivity contribution in [2.24, 2.45) is 16.7 Å². The minimum absolute atomic E-state index is 0.208. The molecule has 31 heavy (non-hydrogen) atoms. The van der Waals surface area contributed by atoms with E-state index in [1.165, 1.54) is 44.1 Å². The van der Waals surface area contributed by atoms with Crippen molar-refractivity contribution in [2.75, 3.05) is 0 Å². The number of hydrogen-bond donors (Lipinski definition) is 1. The molecular weight excluding hydrogens is 380 g/mol. The topological polar surface area (TPSA) is 37.3 Å². The Kier molecular flexibility index (Phi) is 4.53. The molecule has 0 spiro atoms. The monoisotopic (exact) mass is 408 g/mol. The summed E-state index contributed by atoms with van der Waals surface area (Å²) in [6.07, 6.45) is 8.22. The SMILES string of the molecule is CC12CC3CC(C)(C1)CC(c1ccc(C#CC#Cc4ccccc4C(=O)O)cc1)(C3)C2. The maximum atomic E-state index is 11.3. The van der Waals surface area contributed by atoms with Crippen LogP contribution in [0.15, 0.2) is 48.5 Å². The Balaban J connectivity index is 1.36. The van der Waals surface area contributed by atoms with Gasteiger partial charge >= 0.3 is 5.97 Å². The fourth-order valence-corrected chi connectivity index (χ4v) is 7.66. The predicted octanol–water partition coefficient (Wildman–Crippen LogP) is 6.04. The molecule has 0 radical (unpaired) electrons. The number of rotatable bonds is 2. The minimum atomic E-state index is -0.971. The van der Waals surface area contributed by atoms with E-state index >= 15 is 0 Å². The minimum Gasteiger partial charge on any atom is -0.478 e. The first kappa shape index (κ1) is 20.0. The fraction of sp³-hybridized carbons (Fsp3) is 0.414. The van der Waals surface area contributed by atoms with Crippen molar-refractivity contribution >= 4 is 5.97 Å². The molecule has 2 heteroatoms. The Morgan fingerprint density at radius 2 is 1.52 bits per heavy atom. The van der Waals surface area contributed by atoms with Gasteiger partial charge in [0.15, 0.2) is 0 Å². The molecule has 4 saturated carbocycles. The van der Waals surface area contributed by atoms with Gasteiger partial charge in [0.1, 0.15) is 0 Å². The summed E-state index contributed by atoms with van der Waals surface area (Å²) < 4.78 is 0. The van der Waals surface area contributed by atoms with Crippen LogP contribution in [0.2, 0.25) is 0 Å². The average Bonchev–Trinajstić information content (AvgIpc) is 2.69. The molecule has 0 aliphatic heterocycles. The highest BCUT2D eigenvalue weighted by atomic mass is 16.4. The molecule has 0 aromatic heterocycles. The summed E-state index contributed by atoms with van der Waals surface area (Å²) in [5.74, 6) is 11.6. The Bertz CT molecular complexity index is 1150. The van der Waals surface area contributed by atoms with Gasteiger partial charge in [-0.1, -0.05) is 50.0 Å². The van der Waals surface area contributed by atoms with Crippen molar-refractivity contribution in [3.05, 3.63) is 70.8 Å². The lowest BCUT2D eigenvalue weighted by atomic mass is 9.39. The number of aromatic carboxylic acids is 1. The summed E-state index contributed by atoms with van der Waals surface area (Å²) in [7, 11) is 0. The zero-order valence-corrected chi connectivity index (χ0v) is 18.3. The summed E-state index contributed by atoms with van der Waals surface area (Å²) in [5, 5.41) is 9.24. The lowest BCUT2D eigenvalue weighted by molar-refractivity contribution is -0.110. The van der Waals surface area contributed by atoms with Gasteiger partial charge in [-0.3, -0.25) is 0 Å². The van der Waals surface area contributed by atoms with Gasteiger partial charge in [-0.25, -0.2) is 4.79 Å². The van der Waals surface area contributed by atoms with E-state index in [1.54, 1.807) is 24.3 Å². The summed E-state index contributed by atoms with van der Waals surface area (Å²) in [6, 6.07) is 15.6. The third-order valence-electron chi connectivity index (χ3n) is 7.75. The Morgan fingerprint density at radius 3 is 2.16 bits per heavy atom. The molecule has 2 unspecified atom stereocenters. The lowest BCUT2D eigenvalue weighted by Crippen LogP contribution is -2.56. The first-order valence-electron chi connectivity index (χ1n) is 11.2. The van der Waals surface area contributed by atoms with E-state index in [4.69, 9.17) is 0 Å². The van der Waals surface area contributed by atoms with Crippen LogP contribution in [0, 0.1) is 40.4 Å². The molecule has 2 aromatic carbocycles. The molecule has 4 bridgehead atoms. The van der Waals surface area contributed by atoms with Crippen LogP contribution in [0.3, 0.4) is 0 Å². The third-order valence-corrected chi connectivity index (χ3v) is 7.75. The molecule has 2 nitrogen and oxygen atoms in total. The summed E-state index contributed by atoms with van der Waals surface area (Å²) in [4.78, 5) is 11.3. The van der Waals surface area contributed by atoms with Crippen molar-refractivity contribution in [3.8, 4) is 23.7 Å². The molecule has 2 atom stereocenters. The standard InChI is InChI=1S/C29H28O2/c1-27-15-22-16-28(2,18-27)20-29(17-22,19-27)24-13-11-21(12-14-24)7-3-4-8-23-9-5-6-10-25(23)26(30)31/h5-6,9-14,22H,15-20H2,1-2H3,(H,30,31). The van der Waals surface area contributed by atoms with E-state index in [0.29, 0.717) is 21.8 Å². The third kappa shape index (κ3) is 3.66. The second kappa shape index (κ2) is 7.03. The molecule has 1 N–H and O–H groups in total. The first-order valence-corrected chi connectivity index (χ1v) is 11.2. The van der Waals surface area contributed by atoms with Crippen molar-refractivity contribution < 1.29 is 9.90 Å². The van der Waals surface area contributed by atoms with E-state index in [1.807, 2.05) is 0 Å². The smallest absolute Gasteiger partial charge is 0.336 e. The molecule has 4 aliphatic rings. The van der Waals surface area contributed by atoms with E-state index in [2.05, 4.69) is 61.8 Å². The highest BCUT2D eigenvalue weighted by molar-refractivity contribution is 5.90. The molecule has 4 aliphatic carbocycles. The fourth-order valence-electron chi connectivity index (χ4n) is 7.66. The van der Waals surface area contributed by atoms with E-state index in [-0.39, 0.29) is 5.56 Å². The second-order valence-corrected chi connectivity index (χ2v) is 10.8. The van der Waals surface area contributed by atoms with Crippen LogP contribution in [0.25, 0.3) is 0 Å². The molecule has 0 amide bonds. The molecule has 0 saturated heterocycles. The van der Waals surface area contributed by atoms with Crippen LogP contribution in [-0.4, -0.2) is 11.1 Å². The van der Waals surface area contributed by atoms with Crippen molar-refractivity contribution in [2.45, 2.75) is 57.8 Å². The van der Waals surface area contributed by atoms with Gasteiger partial charge in [0.25, 0.3) is 0 Å². The predicted molar refractivity (Wildman–Crippen MR) is 123 cm³/mol. The molecular formula is C29H28O2. The van der Waals surface area contributed by atoms with Gasteiger partial charge < -0.3 is 5.11 Å². The number of benzene rings is 2. The van der Waals surface area contributed by atoms with E-state index in [0.717, 1.165) is 11.5 Å². The van der Waals surface area contributed by atoms with Gasteiger partial charge in [-0.15, -0.1) is 0 Å². The Morgan fingerprint density at radius 1 is 0.871 bits per heavy atom. The van der Waals surface area contributed by atoms with Gasteiger partial charge in [0, 0.05) is 11.1 Å². The van der Waals surface area contributed by atoms with Gasteiger partial charge in [0.05, 0.1) is 5.56 Å². The van der Waals surface area contributed by atoms with Crippen LogP contribution in [0.5, 0.6) is 0 Å². The van der Waals surface area contributed by atoms with Crippen LogP contribution in [0.4, 0.5) is 0 Å². The van der Waals surface area contributed by atoms with Crippen LogP contribution >= 0.6 is 0 Å². The summed E-state index contributed by atoms with van der Waals surface area (Å²) in [6.45, 7) is 5.04. The number of carbonyl (C=O) groups is 1. The van der Waals surface area contributed by atoms with Crippen molar-refractivity contribution in [3.63, 3.8) is 0 Å². The largest absolute Gasteiger partial charge is 0.478 e. The van der Waals surface area contributed by atoms with Gasteiger partial charge in [-0.05, 0) is 102 Å². The molecule has 2 aromatic rings. The maximum absolute atomic E-state index is 11.3. The summed E-state index contributed by atoms with van der Waals surface area (Å²) >= 11 is 0. The van der Waals surface area contributed by atoms with Crippen LogP contribution in [0.1, 0.15) is 79.4 Å². The van der Waals surface area contributed by atoms with E-state index in [9.17, 15) is 9.90 Å². The molecule has 6 rings (SSSR count). The highest BCUT2D eigenvalue weighted by Gasteiger charge is 2.60. The van der Waals surface area contributed by atoms with Crippen molar-refractivity contribution in [1.29, 1.82) is 0 Å². The zero-order chi connectivity index (χ0) is 21.7. The lowest BCUT2D eigenvalue weighted by Gasteiger charge is -2.65. The first-order chi connectivity index (χ1) is 14.8. The zero-order valence-electron chi connectivity index (χ0n) is 18.3. The Labute approximate surface area is 185 Å². The number of carboxylic acid groups (broad SMARTS) is 1. The van der Waals surface area contributed by atoms with Gasteiger partial charge in [0.2, 0.25) is 0 Å². The molecule has 156 valence electrons. The van der Waals surface area contributed by atoms with Crippen LogP contribution < -0.4 is 0 Å². The van der Waals surface area contributed by atoms with E-state index < -0.39 is 5.97 Å². The van der Waals surface area contributed by atoms with Gasteiger partial charge in [-0.2, -0.15) is 0 Å². The second-order valence-electron chi connectivity index (χ2n) is 10.8. The Hall–Kier alpha value is -2.97. The molecule has 4 fully saturated rings. The highest BCUT2D eigenvalue weighted by Crippen LogP contribution is 2.69. The molecule has 0 heterocycles. The van der Waals surface area contributed by atoms with Crippen molar-refractivity contribution in [1.82, 2.24) is 0 Å². The number of hydrogen-bond acceptors (Lipinski definition) is 1. The normalized spacial score (nSPS) is 32.5. The average molecular weight is 409 g/mol. The maximum Gasteiger partial charge on any atom is 0.336 e. The number of carboxylic acids is 1.